The molecule has 1 aliphatic carbocycles. The van der Waals surface area contributed by atoms with Crippen molar-refractivity contribution in [2.45, 2.75) is 63.1 Å². The van der Waals surface area contributed by atoms with Crippen LogP contribution < -0.4 is 11.1 Å². The quantitative estimate of drug-likeness (QED) is 0.808. The summed E-state index contributed by atoms with van der Waals surface area (Å²) in [6, 6.07) is 0.831. The number of carbonyl (C=O) groups excluding carboxylic acids is 1. The minimum absolute atomic E-state index is 0.143. The average molecular weight is 295 g/mol. The van der Waals surface area contributed by atoms with E-state index in [1.807, 2.05) is 0 Å². The van der Waals surface area contributed by atoms with Crippen LogP contribution in [0.3, 0.4) is 0 Å². The summed E-state index contributed by atoms with van der Waals surface area (Å²) in [5, 5.41) is 3.05. The summed E-state index contributed by atoms with van der Waals surface area (Å²) >= 11 is 0. The molecule has 0 aromatic heterocycles. The van der Waals surface area contributed by atoms with Crippen molar-refractivity contribution in [1.82, 2.24) is 10.2 Å². The lowest BCUT2D eigenvalue weighted by Crippen LogP contribution is -2.50. The molecule has 21 heavy (non-hydrogen) atoms. The third kappa shape index (κ3) is 3.96. The van der Waals surface area contributed by atoms with Gasteiger partial charge in [0.15, 0.2) is 0 Å². The zero-order valence-electron chi connectivity index (χ0n) is 12.9. The highest BCUT2D eigenvalue weighted by Gasteiger charge is 2.32. The summed E-state index contributed by atoms with van der Waals surface area (Å²) in [6.07, 6.45) is 7.89. The van der Waals surface area contributed by atoms with Crippen LogP contribution >= 0.6 is 0 Å². The van der Waals surface area contributed by atoms with Gasteiger partial charge in [0, 0.05) is 31.6 Å². The van der Waals surface area contributed by atoms with Crippen LogP contribution in [-0.4, -0.2) is 55.2 Å². The van der Waals surface area contributed by atoms with Crippen molar-refractivity contribution in [3.05, 3.63) is 0 Å². The van der Waals surface area contributed by atoms with Crippen LogP contribution in [0.15, 0.2) is 0 Å². The Balaban J connectivity index is 1.37. The maximum Gasteiger partial charge on any atom is 0.220 e. The Hall–Kier alpha value is -0.650. The zero-order chi connectivity index (χ0) is 14.7. The Morgan fingerprint density at radius 3 is 2.95 bits per heavy atom. The Morgan fingerprint density at radius 2 is 2.10 bits per heavy atom. The molecule has 0 spiro atoms. The maximum atomic E-state index is 12.1. The van der Waals surface area contributed by atoms with Crippen molar-refractivity contribution >= 4 is 5.91 Å². The predicted octanol–water partition coefficient (Wildman–Crippen LogP) is 0.873. The second-order valence-corrected chi connectivity index (χ2v) is 6.96. The molecule has 1 saturated carbocycles. The predicted molar refractivity (Wildman–Crippen MR) is 81.9 cm³/mol. The largest absolute Gasteiger partial charge is 0.373 e. The first-order valence-electron chi connectivity index (χ1n) is 8.60. The summed E-state index contributed by atoms with van der Waals surface area (Å²) < 4.78 is 5.87. The Morgan fingerprint density at radius 1 is 1.24 bits per heavy atom. The van der Waals surface area contributed by atoms with Gasteiger partial charge in [-0.2, -0.15) is 0 Å². The number of rotatable bonds is 4. The number of ether oxygens (including phenoxy) is 1. The lowest BCUT2D eigenvalue weighted by molar-refractivity contribution is -0.123. The smallest absolute Gasteiger partial charge is 0.220 e. The minimum atomic E-state index is 0.143. The number of amides is 1. The van der Waals surface area contributed by atoms with Crippen molar-refractivity contribution in [2.24, 2.45) is 11.7 Å². The minimum Gasteiger partial charge on any atom is -0.373 e. The summed E-state index contributed by atoms with van der Waals surface area (Å²) in [7, 11) is 0. The third-order valence-corrected chi connectivity index (χ3v) is 5.40. The summed E-state index contributed by atoms with van der Waals surface area (Å²) in [4.78, 5) is 14.6. The molecule has 0 bridgehead atoms. The first-order valence-corrected chi connectivity index (χ1v) is 8.60. The van der Waals surface area contributed by atoms with E-state index < -0.39 is 0 Å². The van der Waals surface area contributed by atoms with Crippen molar-refractivity contribution < 1.29 is 9.53 Å². The molecular formula is C16H29N3O2. The topological polar surface area (TPSA) is 67.6 Å². The monoisotopic (exact) mass is 295 g/mol. The highest BCUT2D eigenvalue weighted by molar-refractivity contribution is 5.76. The number of carbonyl (C=O) groups is 1. The molecule has 0 radical (unpaired) electrons. The van der Waals surface area contributed by atoms with Gasteiger partial charge < -0.3 is 15.8 Å². The lowest BCUT2D eigenvalue weighted by Gasteiger charge is -2.35. The molecule has 0 aromatic carbocycles. The second kappa shape index (κ2) is 7.07. The van der Waals surface area contributed by atoms with Crippen molar-refractivity contribution in [1.29, 1.82) is 0 Å². The molecule has 2 aliphatic heterocycles. The van der Waals surface area contributed by atoms with E-state index in [0.29, 0.717) is 24.9 Å². The lowest BCUT2D eigenvalue weighted by atomic mass is 9.83. The highest BCUT2D eigenvalue weighted by atomic mass is 16.5. The van der Waals surface area contributed by atoms with E-state index in [4.69, 9.17) is 10.5 Å². The Labute approximate surface area is 127 Å². The third-order valence-electron chi connectivity index (χ3n) is 5.40. The number of nitrogens with zero attached hydrogens (tertiary/aromatic N) is 1. The van der Waals surface area contributed by atoms with Gasteiger partial charge in [-0.3, -0.25) is 9.69 Å². The molecule has 3 rings (SSSR count). The van der Waals surface area contributed by atoms with Gasteiger partial charge in [-0.1, -0.05) is 12.8 Å². The fourth-order valence-corrected chi connectivity index (χ4v) is 4.04. The van der Waals surface area contributed by atoms with E-state index >= 15 is 0 Å². The van der Waals surface area contributed by atoms with Crippen LogP contribution in [0.2, 0.25) is 0 Å². The summed E-state index contributed by atoms with van der Waals surface area (Å²) in [6.45, 7) is 3.63. The molecule has 0 aromatic rings. The first kappa shape index (κ1) is 15.3. The van der Waals surface area contributed by atoms with Gasteiger partial charge in [0.2, 0.25) is 5.91 Å². The average Bonchev–Trinajstić information content (AvgIpc) is 2.95. The van der Waals surface area contributed by atoms with E-state index in [2.05, 4.69) is 10.2 Å². The molecule has 120 valence electrons. The van der Waals surface area contributed by atoms with Crippen LogP contribution in [0.4, 0.5) is 0 Å². The molecule has 3 fully saturated rings. The highest BCUT2D eigenvalue weighted by Crippen LogP contribution is 2.25. The zero-order valence-corrected chi connectivity index (χ0v) is 12.9. The fourth-order valence-electron chi connectivity index (χ4n) is 4.04. The molecule has 1 amide bonds. The normalized spacial score (nSPS) is 37.2. The van der Waals surface area contributed by atoms with Gasteiger partial charge in [0.05, 0.1) is 12.7 Å². The number of fused-ring (bicyclic) bond motifs is 1. The fraction of sp³-hybridized carbons (Fsp3) is 0.938. The van der Waals surface area contributed by atoms with E-state index in [9.17, 15) is 4.79 Å². The van der Waals surface area contributed by atoms with Gasteiger partial charge in [-0.15, -0.1) is 0 Å². The molecule has 2 heterocycles. The number of hydrogen-bond donors (Lipinski definition) is 2. The molecule has 5 heteroatoms. The molecule has 2 saturated heterocycles. The number of hydrogen-bond acceptors (Lipinski definition) is 4. The number of morpholine rings is 1. The molecule has 4 atom stereocenters. The molecular weight excluding hydrogens is 266 g/mol. The van der Waals surface area contributed by atoms with E-state index in [1.165, 1.54) is 32.2 Å². The van der Waals surface area contributed by atoms with E-state index in [-0.39, 0.29) is 18.1 Å². The van der Waals surface area contributed by atoms with Crippen LogP contribution in [0, 0.1) is 5.92 Å². The van der Waals surface area contributed by atoms with Crippen LogP contribution in [0.5, 0.6) is 0 Å². The Kier molecular flexibility index (Phi) is 5.14. The standard InChI is InChI=1S/C16H29N3O2/c17-15-6-2-1-4-12(15)8-16(20)18-9-14-10-19-7-3-5-13(19)11-21-14/h12-15H,1-11,17H2,(H,18,20). The van der Waals surface area contributed by atoms with Gasteiger partial charge in [-0.25, -0.2) is 0 Å². The number of nitrogens with one attached hydrogen (secondary N) is 1. The molecule has 4 unspecified atom stereocenters. The first-order chi connectivity index (χ1) is 10.2. The van der Waals surface area contributed by atoms with Crippen molar-refractivity contribution in [3.63, 3.8) is 0 Å². The second-order valence-electron chi connectivity index (χ2n) is 6.96. The number of nitrogens with two attached hydrogens (primary N) is 1. The van der Waals surface area contributed by atoms with E-state index in [1.54, 1.807) is 0 Å². The molecule has 5 nitrogen and oxygen atoms in total. The van der Waals surface area contributed by atoms with Crippen LogP contribution in [0.1, 0.15) is 44.9 Å². The summed E-state index contributed by atoms with van der Waals surface area (Å²) in [5.74, 6) is 0.512. The van der Waals surface area contributed by atoms with Crippen molar-refractivity contribution in [3.8, 4) is 0 Å². The van der Waals surface area contributed by atoms with Crippen LogP contribution in [-0.2, 0) is 9.53 Å². The van der Waals surface area contributed by atoms with Gasteiger partial charge in [-0.05, 0) is 38.1 Å². The SMILES string of the molecule is NC1CCCCC1CC(=O)NCC1CN2CCCC2CO1. The van der Waals surface area contributed by atoms with Gasteiger partial charge >= 0.3 is 0 Å². The summed E-state index contributed by atoms with van der Waals surface area (Å²) in [5.41, 5.74) is 6.11. The van der Waals surface area contributed by atoms with Gasteiger partial charge in [0.25, 0.3) is 0 Å². The maximum absolute atomic E-state index is 12.1. The molecule has 3 aliphatic rings. The van der Waals surface area contributed by atoms with Gasteiger partial charge in [0.1, 0.15) is 0 Å². The molecule has 3 N–H and O–H groups in total. The van der Waals surface area contributed by atoms with E-state index in [0.717, 1.165) is 26.0 Å². The van der Waals surface area contributed by atoms with Crippen molar-refractivity contribution in [2.75, 3.05) is 26.2 Å². The Bertz CT molecular complexity index is 363. The van der Waals surface area contributed by atoms with Crippen LogP contribution in [0.25, 0.3) is 0 Å².